The Kier molecular flexibility index (Phi) is 7.78. The smallest absolute Gasteiger partial charge is 0.378 e. The first-order valence-electron chi connectivity index (χ1n) is 9.73. The average Bonchev–Trinajstić information content (AvgIpc) is 2.81. The van der Waals surface area contributed by atoms with Crippen LogP contribution in [0.3, 0.4) is 0 Å². The number of carbonyl (C=O) groups is 2. The van der Waals surface area contributed by atoms with E-state index in [0.717, 1.165) is 18.4 Å². The lowest BCUT2D eigenvalue weighted by atomic mass is 10.2. The van der Waals surface area contributed by atoms with Crippen LogP contribution < -0.4 is 15.5 Å². The molecular formula is C23H18ClF2NO6. The number of esters is 1. The molecular weight excluding hydrogens is 460 g/mol. The van der Waals surface area contributed by atoms with Gasteiger partial charge in [-0.25, -0.2) is 13.6 Å². The van der Waals surface area contributed by atoms with E-state index in [4.69, 9.17) is 25.5 Å². The minimum Gasteiger partial charge on any atom is -0.481 e. The van der Waals surface area contributed by atoms with Gasteiger partial charge in [-0.1, -0.05) is 48.0 Å². The zero-order valence-electron chi connectivity index (χ0n) is 17.3. The zero-order valence-corrected chi connectivity index (χ0v) is 18.1. The van der Waals surface area contributed by atoms with E-state index in [9.17, 15) is 23.2 Å². The third-order valence-corrected chi connectivity index (χ3v) is 4.78. The standard InChI is InChI=1S/C23H18ClF2NO6/c1-2-31-23(30)21-20(32-11-13-6-4-3-5-7-13)19(28)15(12-33-21)22(29)27-10-14-8-9-16(25)17(24)18(14)26/h3-9,12H,2,10-11H2,1H3,(H,27,29). The monoisotopic (exact) mass is 477 g/mol. The maximum atomic E-state index is 14.1. The molecule has 0 saturated heterocycles. The van der Waals surface area contributed by atoms with Crippen LogP contribution >= 0.6 is 11.6 Å². The summed E-state index contributed by atoms with van der Waals surface area (Å²) in [6, 6.07) is 10.9. The molecule has 1 N–H and O–H groups in total. The molecule has 2 aromatic carbocycles. The van der Waals surface area contributed by atoms with E-state index in [1.165, 1.54) is 0 Å². The van der Waals surface area contributed by atoms with Crippen molar-refractivity contribution in [2.75, 3.05) is 6.61 Å². The highest BCUT2D eigenvalue weighted by Gasteiger charge is 2.26. The quantitative estimate of drug-likeness (QED) is 0.385. The molecule has 0 spiro atoms. The lowest BCUT2D eigenvalue weighted by Gasteiger charge is -2.11. The second-order valence-electron chi connectivity index (χ2n) is 6.65. The van der Waals surface area contributed by atoms with E-state index < -0.39 is 51.0 Å². The van der Waals surface area contributed by atoms with Crippen molar-refractivity contribution in [1.82, 2.24) is 5.32 Å². The van der Waals surface area contributed by atoms with Crippen LogP contribution in [0, 0.1) is 11.6 Å². The Morgan fingerprint density at radius 1 is 1.12 bits per heavy atom. The lowest BCUT2D eigenvalue weighted by molar-refractivity contribution is 0.0477. The van der Waals surface area contributed by atoms with Gasteiger partial charge in [0.25, 0.3) is 11.7 Å². The van der Waals surface area contributed by atoms with Gasteiger partial charge < -0.3 is 19.2 Å². The van der Waals surface area contributed by atoms with Crippen molar-refractivity contribution in [3.63, 3.8) is 0 Å². The van der Waals surface area contributed by atoms with Gasteiger partial charge in [0.15, 0.2) is 0 Å². The molecule has 10 heteroatoms. The Hall–Kier alpha value is -3.72. The van der Waals surface area contributed by atoms with Crippen LogP contribution in [0.1, 0.15) is 39.0 Å². The van der Waals surface area contributed by atoms with E-state index >= 15 is 0 Å². The molecule has 3 rings (SSSR count). The Bertz CT molecular complexity index is 1230. The molecule has 0 aliphatic heterocycles. The van der Waals surface area contributed by atoms with Crippen molar-refractivity contribution in [1.29, 1.82) is 0 Å². The summed E-state index contributed by atoms with van der Waals surface area (Å²) in [5, 5.41) is 1.62. The molecule has 0 aliphatic carbocycles. The number of rotatable bonds is 8. The van der Waals surface area contributed by atoms with Crippen LogP contribution in [0.5, 0.6) is 5.75 Å². The highest BCUT2D eigenvalue weighted by molar-refractivity contribution is 6.30. The van der Waals surface area contributed by atoms with Gasteiger partial charge in [-0.3, -0.25) is 9.59 Å². The molecule has 0 radical (unpaired) electrons. The van der Waals surface area contributed by atoms with Crippen LogP contribution in [-0.4, -0.2) is 18.5 Å². The summed E-state index contributed by atoms with van der Waals surface area (Å²) in [5.74, 6) is -4.84. The maximum Gasteiger partial charge on any atom is 0.378 e. The molecule has 0 saturated carbocycles. The van der Waals surface area contributed by atoms with Crippen LogP contribution in [-0.2, 0) is 17.9 Å². The number of amides is 1. The number of hydrogen-bond donors (Lipinski definition) is 1. The Morgan fingerprint density at radius 2 is 1.85 bits per heavy atom. The molecule has 172 valence electrons. The third-order valence-electron chi connectivity index (χ3n) is 4.44. The molecule has 0 bridgehead atoms. The normalized spacial score (nSPS) is 10.5. The summed E-state index contributed by atoms with van der Waals surface area (Å²) in [6.45, 7) is 1.13. The van der Waals surface area contributed by atoms with Gasteiger partial charge in [0.05, 0.1) is 6.61 Å². The third kappa shape index (κ3) is 5.56. The fourth-order valence-electron chi connectivity index (χ4n) is 2.78. The van der Waals surface area contributed by atoms with Crippen LogP contribution in [0.4, 0.5) is 8.78 Å². The topological polar surface area (TPSA) is 94.8 Å². The fourth-order valence-corrected chi connectivity index (χ4v) is 2.96. The maximum absolute atomic E-state index is 14.1. The van der Waals surface area contributed by atoms with Crippen LogP contribution in [0.25, 0.3) is 0 Å². The molecule has 1 aromatic heterocycles. The molecule has 0 atom stereocenters. The lowest BCUT2D eigenvalue weighted by Crippen LogP contribution is -2.30. The number of carbonyl (C=O) groups excluding carboxylic acids is 2. The minimum atomic E-state index is -1.03. The predicted octanol–water partition coefficient (Wildman–Crippen LogP) is 4.26. The predicted molar refractivity (Wildman–Crippen MR) is 114 cm³/mol. The number of hydrogen-bond acceptors (Lipinski definition) is 6. The van der Waals surface area contributed by atoms with Gasteiger partial charge in [0.1, 0.15) is 35.1 Å². The van der Waals surface area contributed by atoms with Crippen molar-refractivity contribution in [3.05, 3.63) is 98.1 Å². The summed E-state index contributed by atoms with van der Waals surface area (Å²) in [7, 11) is 0. The van der Waals surface area contributed by atoms with Crippen molar-refractivity contribution < 1.29 is 32.3 Å². The molecule has 1 amide bonds. The van der Waals surface area contributed by atoms with Gasteiger partial charge >= 0.3 is 5.97 Å². The minimum absolute atomic E-state index is 0.0225. The van der Waals surface area contributed by atoms with E-state index in [2.05, 4.69) is 5.32 Å². The average molecular weight is 478 g/mol. The van der Waals surface area contributed by atoms with Crippen LogP contribution in [0.2, 0.25) is 5.02 Å². The van der Waals surface area contributed by atoms with Gasteiger partial charge in [0.2, 0.25) is 11.2 Å². The molecule has 3 aromatic rings. The number of ether oxygens (including phenoxy) is 2. The second-order valence-corrected chi connectivity index (χ2v) is 7.03. The number of halogens is 3. The van der Waals surface area contributed by atoms with Gasteiger partial charge in [-0.15, -0.1) is 0 Å². The summed E-state index contributed by atoms with van der Waals surface area (Å²) >= 11 is 5.53. The first kappa shape index (κ1) is 23.9. The molecule has 0 fully saturated rings. The van der Waals surface area contributed by atoms with E-state index in [-0.39, 0.29) is 25.3 Å². The van der Waals surface area contributed by atoms with Crippen molar-refractivity contribution >= 4 is 23.5 Å². The van der Waals surface area contributed by atoms with Crippen LogP contribution in [0.15, 0.2) is 57.9 Å². The SMILES string of the molecule is CCOC(=O)c1occ(C(=O)NCc2ccc(F)c(Cl)c2F)c(=O)c1OCc1ccccc1. The first-order valence-corrected chi connectivity index (χ1v) is 10.1. The summed E-state index contributed by atoms with van der Waals surface area (Å²) in [5.41, 5.74) is -0.803. The fraction of sp³-hybridized carbons (Fsp3) is 0.174. The number of nitrogens with one attached hydrogen (secondary N) is 1. The first-order chi connectivity index (χ1) is 15.8. The van der Waals surface area contributed by atoms with Gasteiger partial charge in [0, 0.05) is 12.1 Å². The van der Waals surface area contributed by atoms with Gasteiger partial charge in [-0.05, 0) is 18.6 Å². The summed E-state index contributed by atoms with van der Waals surface area (Å²) < 4.78 is 43.0. The molecule has 7 nitrogen and oxygen atoms in total. The van der Waals surface area contributed by atoms with E-state index in [1.807, 2.05) is 0 Å². The Labute approximate surface area is 191 Å². The van der Waals surface area contributed by atoms with Crippen molar-refractivity contribution in [2.45, 2.75) is 20.1 Å². The second kappa shape index (κ2) is 10.7. The molecule has 1 heterocycles. The Balaban J connectivity index is 1.87. The van der Waals surface area contributed by atoms with Crippen molar-refractivity contribution in [2.24, 2.45) is 0 Å². The molecule has 0 aliphatic rings. The van der Waals surface area contributed by atoms with E-state index in [1.54, 1.807) is 37.3 Å². The number of benzene rings is 2. The van der Waals surface area contributed by atoms with Crippen molar-refractivity contribution in [3.8, 4) is 5.75 Å². The summed E-state index contributed by atoms with van der Waals surface area (Å²) in [6.07, 6.45) is 0.785. The van der Waals surface area contributed by atoms with E-state index in [0.29, 0.717) is 5.56 Å². The molecule has 33 heavy (non-hydrogen) atoms. The highest BCUT2D eigenvalue weighted by Crippen LogP contribution is 2.22. The Morgan fingerprint density at radius 3 is 2.55 bits per heavy atom. The largest absolute Gasteiger partial charge is 0.481 e. The highest BCUT2D eigenvalue weighted by atomic mass is 35.5. The van der Waals surface area contributed by atoms with Gasteiger partial charge in [-0.2, -0.15) is 0 Å². The summed E-state index contributed by atoms with van der Waals surface area (Å²) in [4.78, 5) is 37.7. The zero-order chi connectivity index (χ0) is 24.0. The molecule has 0 unspecified atom stereocenters.